The molecule has 0 amide bonds. The van der Waals surface area contributed by atoms with Crippen LogP contribution in [0.2, 0.25) is 0 Å². The maximum atomic E-state index is 8.43. The van der Waals surface area contributed by atoms with Crippen molar-refractivity contribution in [1.29, 1.82) is 0 Å². The largest absolute Gasteiger partial charge is 0.397 e. The zero-order valence-corrected chi connectivity index (χ0v) is 8.71. The smallest absolute Gasteiger partial charge is 0.0431 e. The molecule has 0 aliphatic rings. The Morgan fingerprint density at radius 1 is 0.615 bits per heavy atom. The van der Waals surface area contributed by atoms with Gasteiger partial charge in [-0.05, 0) is 19.8 Å². The van der Waals surface area contributed by atoms with Crippen LogP contribution in [0.5, 0.6) is 0 Å². The lowest BCUT2D eigenvalue weighted by Crippen LogP contribution is -1.85. The highest BCUT2D eigenvalue weighted by atomic mass is 16.3. The molecule has 0 aliphatic heterocycles. The number of hydrogen-bond donors (Lipinski definition) is 3. The summed E-state index contributed by atoms with van der Waals surface area (Å²) in [6.45, 7) is 2.57. The molecule has 0 aromatic carbocycles. The summed E-state index contributed by atoms with van der Waals surface area (Å²) in [5.41, 5.74) is 0. The molecule has 0 atom stereocenters. The van der Waals surface area contributed by atoms with Gasteiger partial charge in [0.25, 0.3) is 0 Å². The predicted octanol–water partition coefficient (Wildman–Crippen LogP) is 1.31. The highest BCUT2D eigenvalue weighted by Gasteiger charge is 1.88. The van der Waals surface area contributed by atoms with E-state index in [1.54, 1.807) is 6.92 Å². The fraction of sp³-hybridized carbons (Fsp3) is 1.00. The zero-order chi connectivity index (χ0) is 10.4. The maximum Gasteiger partial charge on any atom is 0.0431 e. The minimum atomic E-state index is 0.250. The van der Waals surface area contributed by atoms with Crippen molar-refractivity contribution in [2.75, 3.05) is 19.8 Å². The van der Waals surface area contributed by atoms with Gasteiger partial charge in [0.05, 0.1) is 0 Å². The van der Waals surface area contributed by atoms with E-state index < -0.39 is 0 Å². The summed E-state index contributed by atoms with van der Waals surface area (Å²) in [5.74, 6) is 0. The quantitative estimate of drug-likeness (QED) is 0.533. The highest BCUT2D eigenvalue weighted by molar-refractivity contribution is 4.43. The third-order valence-electron chi connectivity index (χ3n) is 1.57. The molecular weight excluding hydrogens is 168 g/mol. The average Bonchev–Trinajstić information content (AvgIpc) is 2.13. The van der Waals surface area contributed by atoms with Crippen molar-refractivity contribution in [1.82, 2.24) is 0 Å². The van der Waals surface area contributed by atoms with Gasteiger partial charge in [-0.25, -0.2) is 0 Å². The molecule has 3 heteroatoms. The summed E-state index contributed by atoms with van der Waals surface area (Å²) < 4.78 is 0. The lowest BCUT2D eigenvalue weighted by atomic mass is 10.1. The van der Waals surface area contributed by atoms with Gasteiger partial charge >= 0.3 is 0 Å². The van der Waals surface area contributed by atoms with E-state index in [0.29, 0.717) is 13.2 Å². The van der Waals surface area contributed by atoms with Gasteiger partial charge in [0, 0.05) is 19.8 Å². The summed E-state index contributed by atoms with van der Waals surface area (Å²) in [7, 11) is 0. The van der Waals surface area contributed by atoms with E-state index in [2.05, 4.69) is 0 Å². The van der Waals surface area contributed by atoms with Crippen molar-refractivity contribution in [3.05, 3.63) is 0 Å². The van der Waals surface area contributed by atoms with Crippen molar-refractivity contribution in [2.24, 2.45) is 0 Å². The van der Waals surface area contributed by atoms with Crippen molar-refractivity contribution >= 4 is 0 Å². The van der Waals surface area contributed by atoms with E-state index in [0.717, 1.165) is 25.7 Å². The van der Waals surface area contributed by atoms with Gasteiger partial charge in [0.1, 0.15) is 0 Å². The Morgan fingerprint density at radius 3 is 1.08 bits per heavy atom. The van der Waals surface area contributed by atoms with Gasteiger partial charge < -0.3 is 15.3 Å². The Kier molecular flexibility index (Phi) is 21.1. The van der Waals surface area contributed by atoms with E-state index in [1.807, 2.05) is 0 Å². The van der Waals surface area contributed by atoms with E-state index in [-0.39, 0.29) is 6.61 Å². The van der Waals surface area contributed by atoms with Crippen molar-refractivity contribution in [3.63, 3.8) is 0 Å². The summed E-state index contributed by atoms with van der Waals surface area (Å²) in [6.07, 6.45) is 6.50. The van der Waals surface area contributed by atoms with Crippen LogP contribution in [0.15, 0.2) is 0 Å². The number of hydrogen-bond acceptors (Lipinski definition) is 3. The molecule has 3 nitrogen and oxygen atoms in total. The van der Waals surface area contributed by atoms with Crippen LogP contribution >= 0.6 is 0 Å². The van der Waals surface area contributed by atoms with Crippen LogP contribution < -0.4 is 0 Å². The molecule has 0 unspecified atom stereocenters. The molecule has 0 heterocycles. The summed E-state index contributed by atoms with van der Waals surface area (Å²) in [6, 6.07) is 0. The molecule has 0 saturated carbocycles. The van der Waals surface area contributed by atoms with Gasteiger partial charge in [-0.3, -0.25) is 0 Å². The monoisotopic (exact) mass is 192 g/mol. The topological polar surface area (TPSA) is 60.7 Å². The molecule has 0 aliphatic carbocycles. The van der Waals surface area contributed by atoms with Crippen molar-refractivity contribution in [3.8, 4) is 0 Å². The third-order valence-corrected chi connectivity index (χ3v) is 1.57. The second kappa shape index (κ2) is 17.8. The van der Waals surface area contributed by atoms with Crippen LogP contribution in [0, 0.1) is 0 Å². The molecule has 0 aromatic rings. The molecule has 82 valence electrons. The lowest BCUT2D eigenvalue weighted by molar-refractivity contribution is 0.275. The second-order valence-corrected chi connectivity index (χ2v) is 2.88. The Balaban J connectivity index is 0. The first kappa shape index (κ1) is 15.4. The maximum absolute atomic E-state index is 8.43. The fourth-order valence-corrected chi connectivity index (χ4v) is 0.931. The molecule has 0 rings (SSSR count). The van der Waals surface area contributed by atoms with Gasteiger partial charge in [0.2, 0.25) is 0 Å². The molecular formula is C10H24O3. The van der Waals surface area contributed by atoms with Crippen LogP contribution in [0.25, 0.3) is 0 Å². The number of unbranched alkanes of at least 4 members (excludes halogenated alkanes) is 5. The van der Waals surface area contributed by atoms with E-state index in [9.17, 15) is 0 Å². The number of aliphatic hydroxyl groups is 3. The van der Waals surface area contributed by atoms with Crippen LogP contribution in [0.3, 0.4) is 0 Å². The highest BCUT2D eigenvalue weighted by Crippen LogP contribution is 2.03. The second-order valence-electron chi connectivity index (χ2n) is 2.88. The van der Waals surface area contributed by atoms with Crippen LogP contribution in [0.1, 0.15) is 45.4 Å². The van der Waals surface area contributed by atoms with Crippen molar-refractivity contribution < 1.29 is 15.3 Å². The minimum absolute atomic E-state index is 0.250. The van der Waals surface area contributed by atoms with E-state index >= 15 is 0 Å². The first-order chi connectivity index (χ1) is 6.33. The summed E-state index contributed by atoms with van der Waals surface area (Å²) in [5, 5.41) is 24.4. The molecule has 3 N–H and O–H groups in total. The third kappa shape index (κ3) is 24.5. The molecule has 0 fully saturated rings. The Bertz CT molecular complexity index is 59.2. The average molecular weight is 192 g/mol. The van der Waals surface area contributed by atoms with Gasteiger partial charge in [0.15, 0.2) is 0 Å². The van der Waals surface area contributed by atoms with Crippen LogP contribution in [0.4, 0.5) is 0 Å². The number of aliphatic hydroxyl groups excluding tert-OH is 3. The molecule has 0 saturated heterocycles. The Morgan fingerprint density at radius 2 is 0.846 bits per heavy atom. The Labute approximate surface area is 81.4 Å². The lowest BCUT2D eigenvalue weighted by Gasteiger charge is -1.97. The van der Waals surface area contributed by atoms with Crippen LogP contribution in [-0.4, -0.2) is 35.1 Å². The SMILES string of the molecule is CCO.OCCCCCCCCO. The molecule has 13 heavy (non-hydrogen) atoms. The zero-order valence-electron chi connectivity index (χ0n) is 8.71. The van der Waals surface area contributed by atoms with Gasteiger partial charge in [-0.15, -0.1) is 0 Å². The van der Waals surface area contributed by atoms with E-state index in [1.165, 1.54) is 12.8 Å². The standard InChI is InChI=1S/C8H18O2.C2H6O/c9-7-5-3-1-2-4-6-8-10;1-2-3/h9-10H,1-8H2;3H,2H2,1H3. The molecule has 0 aromatic heterocycles. The fourth-order valence-electron chi connectivity index (χ4n) is 0.931. The molecule has 0 bridgehead atoms. The first-order valence-corrected chi connectivity index (χ1v) is 5.16. The first-order valence-electron chi connectivity index (χ1n) is 5.16. The molecule has 0 radical (unpaired) electrons. The minimum Gasteiger partial charge on any atom is -0.397 e. The van der Waals surface area contributed by atoms with Gasteiger partial charge in [-0.2, -0.15) is 0 Å². The Hall–Kier alpha value is -0.120. The van der Waals surface area contributed by atoms with Crippen LogP contribution in [-0.2, 0) is 0 Å². The summed E-state index contributed by atoms with van der Waals surface area (Å²) >= 11 is 0. The normalized spacial score (nSPS) is 9.23. The molecule has 0 spiro atoms. The number of rotatable bonds is 7. The van der Waals surface area contributed by atoms with Crippen molar-refractivity contribution in [2.45, 2.75) is 45.4 Å². The van der Waals surface area contributed by atoms with E-state index in [4.69, 9.17) is 15.3 Å². The summed E-state index contributed by atoms with van der Waals surface area (Å²) in [4.78, 5) is 0. The van der Waals surface area contributed by atoms with Gasteiger partial charge in [-0.1, -0.05) is 25.7 Å². The predicted molar refractivity (Wildman–Crippen MR) is 54.6 cm³/mol.